The molecule has 0 radical (unpaired) electrons. The highest BCUT2D eigenvalue weighted by Crippen LogP contribution is 2.13. The molecule has 0 aliphatic rings. The number of benzene rings is 1. The smallest absolute Gasteiger partial charge is 0.338 e. The molecular formula is C17H26N2O6. The maximum Gasteiger partial charge on any atom is 0.338 e. The van der Waals surface area contributed by atoms with Gasteiger partial charge in [-0.15, -0.1) is 0 Å². The molecule has 140 valence electrons. The van der Waals surface area contributed by atoms with Gasteiger partial charge in [0.2, 0.25) is 0 Å². The van der Waals surface area contributed by atoms with Crippen LogP contribution in [0.1, 0.15) is 55.8 Å². The predicted molar refractivity (Wildman–Crippen MR) is 91.2 cm³/mol. The number of esters is 1. The van der Waals surface area contributed by atoms with Gasteiger partial charge in [-0.3, -0.25) is 14.8 Å². The van der Waals surface area contributed by atoms with Gasteiger partial charge in [-0.05, 0) is 52.0 Å². The Morgan fingerprint density at radius 1 is 1.08 bits per heavy atom. The summed E-state index contributed by atoms with van der Waals surface area (Å²) >= 11 is 0. The van der Waals surface area contributed by atoms with Crippen LogP contribution in [0.3, 0.4) is 0 Å². The molecule has 25 heavy (non-hydrogen) atoms. The number of nitrogens with one attached hydrogen (secondary N) is 2. The van der Waals surface area contributed by atoms with Crippen molar-refractivity contribution in [3.8, 4) is 0 Å². The first kappa shape index (κ1) is 22.6. The topological polar surface area (TPSA) is 125 Å². The fourth-order valence-electron chi connectivity index (χ4n) is 1.79. The predicted octanol–water partition coefficient (Wildman–Crippen LogP) is 1.26. The molecule has 1 rings (SSSR count). The van der Waals surface area contributed by atoms with Crippen molar-refractivity contribution >= 4 is 17.8 Å². The lowest BCUT2D eigenvalue weighted by Crippen LogP contribution is -2.51. The summed E-state index contributed by atoms with van der Waals surface area (Å²) in [6, 6.07) is 4.32. The fourth-order valence-corrected chi connectivity index (χ4v) is 1.79. The summed E-state index contributed by atoms with van der Waals surface area (Å²) in [4.78, 5) is 35.4. The highest BCUT2D eigenvalue weighted by Gasteiger charge is 2.26. The Morgan fingerprint density at radius 2 is 1.56 bits per heavy atom. The number of rotatable bonds is 5. The van der Waals surface area contributed by atoms with Crippen LogP contribution in [0.2, 0.25) is 0 Å². The lowest BCUT2D eigenvalue weighted by Gasteiger charge is -2.20. The number of carbonyl (C=O) groups excluding carboxylic acids is 3. The summed E-state index contributed by atoms with van der Waals surface area (Å²) in [5.74, 6) is -2.10. The van der Waals surface area contributed by atoms with E-state index in [4.69, 9.17) is 9.94 Å². The maximum atomic E-state index is 12.1. The largest absolute Gasteiger partial charge is 0.456 e. The summed E-state index contributed by atoms with van der Waals surface area (Å²) in [6.45, 7) is 6.53. The number of aliphatic hydroxyl groups excluding tert-OH is 1. The molecule has 8 nitrogen and oxygen atoms in total. The molecule has 8 heteroatoms. The number of ether oxygens (including phenoxy) is 1. The summed E-state index contributed by atoms with van der Waals surface area (Å²) < 4.78 is 5.21. The van der Waals surface area contributed by atoms with Gasteiger partial charge in [0.15, 0.2) is 0 Å². The van der Waals surface area contributed by atoms with E-state index >= 15 is 0 Å². The van der Waals surface area contributed by atoms with Gasteiger partial charge < -0.3 is 15.2 Å². The maximum absolute atomic E-state index is 12.1. The van der Waals surface area contributed by atoms with E-state index in [9.17, 15) is 19.5 Å². The van der Waals surface area contributed by atoms with Crippen molar-refractivity contribution in [3.05, 3.63) is 35.4 Å². The van der Waals surface area contributed by atoms with Gasteiger partial charge in [0, 0.05) is 5.56 Å². The third kappa shape index (κ3) is 6.90. The summed E-state index contributed by atoms with van der Waals surface area (Å²) in [7, 11) is 0. The Morgan fingerprint density at radius 3 is 1.96 bits per heavy atom. The van der Waals surface area contributed by atoms with Crippen LogP contribution in [0, 0.1) is 0 Å². The lowest BCUT2D eigenvalue weighted by molar-refractivity contribution is -0.133. The van der Waals surface area contributed by atoms with Crippen LogP contribution >= 0.6 is 0 Å². The van der Waals surface area contributed by atoms with Crippen LogP contribution in [0.15, 0.2) is 24.3 Å². The Balaban J connectivity index is 0.00000576. The van der Waals surface area contributed by atoms with Crippen molar-refractivity contribution < 1.29 is 29.4 Å². The van der Waals surface area contributed by atoms with Crippen LogP contribution in [-0.4, -0.2) is 45.8 Å². The van der Waals surface area contributed by atoms with E-state index in [1.165, 1.54) is 36.7 Å². The first-order valence-electron chi connectivity index (χ1n) is 7.31. The third-order valence-corrected chi connectivity index (χ3v) is 2.94. The van der Waals surface area contributed by atoms with Crippen LogP contribution in [0.4, 0.5) is 0 Å². The number of hydrogen-bond donors (Lipinski definition) is 4. The van der Waals surface area contributed by atoms with Crippen molar-refractivity contribution in [2.75, 3.05) is 0 Å². The quantitative estimate of drug-likeness (QED) is 0.358. The van der Waals surface area contributed by atoms with E-state index in [0.717, 1.165) is 0 Å². The van der Waals surface area contributed by atoms with E-state index in [2.05, 4.69) is 5.32 Å². The van der Waals surface area contributed by atoms with Gasteiger partial charge in [-0.1, -0.05) is 7.43 Å². The standard InChI is InChI=1S/C16H22N2O6.CH4/c1-9(19)12(14(21)18-23)17-13(20)10-5-7-11(8-6-10)15(22)24-16(2,3)4;/h5-9,12,19,23H,1-4H3,(H,17,20)(H,18,21);1H4/t9-,12+;/m1./s1. The first-order valence-corrected chi connectivity index (χ1v) is 7.31. The highest BCUT2D eigenvalue weighted by molar-refractivity contribution is 5.98. The fraction of sp³-hybridized carbons (Fsp3) is 0.471. The van der Waals surface area contributed by atoms with Gasteiger partial charge in [0.25, 0.3) is 11.8 Å². The van der Waals surface area contributed by atoms with Crippen LogP contribution in [0.5, 0.6) is 0 Å². The van der Waals surface area contributed by atoms with Crippen molar-refractivity contribution in [2.45, 2.75) is 52.9 Å². The van der Waals surface area contributed by atoms with Crippen molar-refractivity contribution in [1.82, 2.24) is 10.8 Å². The minimum atomic E-state index is -1.31. The first-order chi connectivity index (χ1) is 11.0. The molecule has 2 amide bonds. The van der Waals surface area contributed by atoms with Crippen molar-refractivity contribution in [1.29, 1.82) is 0 Å². The van der Waals surface area contributed by atoms with Crippen LogP contribution in [-0.2, 0) is 9.53 Å². The molecule has 0 aromatic heterocycles. The zero-order valence-electron chi connectivity index (χ0n) is 14.0. The minimum absolute atomic E-state index is 0. The molecule has 0 aliphatic carbocycles. The van der Waals surface area contributed by atoms with Crippen LogP contribution in [0.25, 0.3) is 0 Å². The number of carbonyl (C=O) groups is 3. The normalized spacial score (nSPS) is 13.0. The Kier molecular flexibility index (Phi) is 8.25. The van der Waals surface area contributed by atoms with Gasteiger partial charge in [0.05, 0.1) is 11.7 Å². The molecule has 1 aromatic carbocycles. The average molecular weight is 354 g/mol. The second kappa shape index (κ2) is 9.14. The Hall–Kier alpha value is -2.45. The Labute approximate surface area is 147 Å². The van der Waals surface area contributed by atoms with Gasteiger partial charge in [0.1, 0.15) is 11.6 Å². The van der Waals surface area contributed by atoms with E-state index in [1.807, 2.05) is 0 Å². The number of aliphatic hydroxyl groups is 1. The molecule has 1 aromatic rings. The summed E-state index contributed by atoms with van der Waals surface area (Å²) in [5, 5.41) is 20.4. The molecular weight excluding hydrogens is 328 g/mol. The molecule has 0 aliphatic heterocycles. The number of hydroxylamine groups is 1. The summed E-state index contributed by atoms with van der Waals surface area (Å²) in [6.07, 6.45) is -1.21. The van der Waals surface area contributed by atoms with E-state index < -0.39 is 35.5 Å². The van der Waals surface area contributed by atoms with Gasteiger partial charge in [-0.2, -0.15) is 0 Å². The molecule has 0 saturated carbocycles. The zero-order chi connectivity index (χ0) is 18.5. The van der Waals surface area contributed by atoms with Crippen LogP contribution < -0.4 is 10.8 Å². The molecule has 0 unspecified atom stereocenters. The van der Waals surface area contributed by atoms with E-state index in [0.29, 0.717) is 0 Å². The molecule has 4 N–H and O–H groups in total. The average Bonchev–Trinajstić information content (AvgIpc) is 2.49. The third-order valence-electron chi connectivity index (χ3n) is 2.94. The van der Waals surface area contributed by atoms with E-state index in [1.54, 1.807) is 20.8 Å². The monoisotopic (exact) mass is 354 g/mol. The molecule has 2 atom stereocenters. The molecule has 0 heterocycles. The van der Waals surface area contributed by atoms with E-state index in [-0.39, 0.29) is 18.6 Å². The summed E-state index contributed by atoms with van der Waals surface area (Å²) in [5.41, 5.74) is 1.20. The van der Waals surface area contributed by atoms with Gasteiger partial charge >= 0.3 is 5.97 Å². The second-order valence-corrected chi connectivity index (χ2v) is 6.25. The SMILES string of the molecule is C.C[C@@H](O)[C@H](NC(=O)c1ccc(C(=O)OC(C)(C)C)cc1)C(=O)NO. The van der Waals surface area contributed by atoms with Crippen molar-refractivity contribution in [3.63, 3.8) is 0 Å². The molecule has 0 bridgehead atoms. The van der Waals surface area contributed by atoms with Crippen molar-refractivity contribution in [2.24, 2.45) is 0 Å². The number of amides is 2. The minimum Gasteiger partial charge on any atom is -0.456 e. The zero-order valence-corrected chi connectivity index (χ0v) is 14.0. The number of hydrogen-bond acceptors (Lipinski definition) is 6. The molecule has 0 fully saturated rings. The Bertz CT molecular complexity index is 605. The molecule has 0 saturated heterocycles. The molecule has 0 spiro atoms. The highest BCUT2D eigenvalue weighted by atomic mass is 16.6. The van der Waals surface area contributed by atoms with Gasteiger partial charge in [-0.25, -0.2) is 10.3 Å². The second-order valence-electron chi connectivity index (χ2n) is 6.25. The lowest BCUT2D eigenvalue weighted by atomic mass is 10.1.